The molecule has 1 rings (SSSR count). The number of ether oxygens (including phenoxy) is 1. The molecule has 1 aromatic heterocycles. The molecule has 1 heterocycles. The van der Waals surface area contributed by atoms with Crippen LogP contribution in [0.3, 0.4) is 0 Å². The monoisotopic (exact) mass is 363 g/mol. The number of urea groups is 1. The number of hydrogen-bond donors (Lipinski definition) is 0. The molecular weight excluding hydrogens is 334 g/mol. The molecule has 0 N–H and O–H groups in total. The van der Waals surface area contributed by atoms with E-state index in [0.29, 0.717) is 22.5 Å². The molecule has 0 bridgehead atoms. The van der Waals surface area contributed by atoms with Gasteiger partial charge in [-0.15, -0.1) is 6.58 Å². The van der Waals surface area contributed by atoms with Crippen molar-refractivity contribution in [2.45, 2.75) is 33.7 Å². The number of hydrogen-bond acceptors (Lipinski definition) is 4. The third kappa shape index (κ3) is 3.98. The maximum Gasteiger partial charge on any atom is 0.355 e. The fraction of sp³-hybridized carbons (Fsp3) is 0.526. The average molecular weight is 363 g/mol. The summed E-state index contributed by atoms with van der Waals surface area (Å²) in [6, 6.07) is -0.972. The molecule has 0 aliphatic heterocycles. The summed E-state index contributed by atoms with van der Waals surface area (Å²) in [5.41, 5.74) is 2.03. The van der Waals surface area contributed by atoms with Crippen molar-refractivity contribution < 1.29 is 19.1 Å². The highest BCUT2D eigenvalue weighted by atomic mass is 16.5. The van der Waals surface area contributed by atoms with Crippen molar-refractivity contribution in [1.82, 2.24) is 14.4 Å². The molecule has 0 aliphatic carbocycles. The average Bonchev–Trinajstić information content (AvgIpc) is 2.80. The molecule has 7 heteroatoms. The van der Waals surface area contributed by atoms with Crippen LogP contribution in [0.25, 0.3) is 0 Å². The van der Waals surface area contributed by atoms with Crippen LogP contribution in [0.4, 0.5) is 4.79 Å². The highest BCUT2D eigenvalue weighted by molar-refractivity contribution is 6.06. The zero-order chi connectivity index (χ0) is 20.2. The number of Topliss-reactive ketones (excluding diaryl/α,β-unsaturated/α-hetero) is 1. The summed E-state index contributed by atoms with van der Waals surface area (Å²) >= 11 is 0. The molecule has 7 nitrogen and oxygen atoms in total. The predicted octanol–water partition coefficient (Wildman–Crippen LogP) is 2.56. The second kappa shape index (κ2) is 8.69. The van der Waals surface area contributed by atoms with Crippen LogP contribution in [0.5, 0.6) is 0 Å². The van der Waals surface area contributed by atoms with E-state index < -0.39 is 12.0 Å². The van der Waals surface area contributed by atoms with E-state index in [1.54, 1.807) is 59.5 Å². The molecule has 0 unspecified atom stereocenters. The van der Waals surface area contributed by atoms with Crippen molar-refractivity contribution in [2.24, 2.45) is 7.05 Å². The summed E-state index contributed by atoms with van der Waals surface area (Å²) in [4.78, 5) is 40.7. The van der Waals surface area contributed by atoms with Crippen LogP contribution in [0.15, 0.2) is 12.7 Å². The maximum atomic E-state index is 13.2. The van der Waals surface area contributed by atoms with Crippen LogP contribution < -0.4 is 0 Å². The Kier molecular flexibility index (Phi) is 7.18. The van der Waals surface area contributed by atoms with Gasteiger partial charge in [0.1, 0.15) is 5.69 Å². The first-order chi connectivity index (χ1) is 12.1. The minimum Gasteiger partial charge on any atom is -0.461 e. The van der Waals surface area contributed by atoms with Gasteiger partial charge in [0.05, 0.1) is 12.6 Å². The van der Waals surface area contributed by atoms with Gasteiger partial charge in [0, 0.05) is 38.9 Å². The highest BCUT2D eigenvalue weighted by Crippen LogP contribution is 2.25. The molecule has 0 aliphatic rings. The third-order valence-corrected chi connectivity index (χ3v) is 4.45. The second-order valence-corrected chi connectivity index (χ2v) is 6.37. The van der Waals surface area contributed by atoms with Gasteiger partial charge in [-0.25, -0.2) is 9.59 Å². The van der Waals surface area contributed by atoms with Crippen LogP contribution in [0, 0.1) is 13.8 Å². The van der Waals surface area contributed by atoms with E-state index in [1.165, 1.54) is 9.80 Å². The van der Waals surface area contributed by atoms with Crippen molar-refractivity contribution in [3.8, 4) is 0 Å². The fourth-order valence-electron chi connectivity index (χ4n) is 2.98. The summed E-state index contributed by atoms with van der Waals surface area (Å²) in [7, 11) is 4.99. The van der Waals surface area contributed by atoms with Gasteiger partial charge in [-0.05, 0) is 33.3 Å². The lowest BCUT2D eigenvalue weighted by Gasteiger charge is -2.30. The zero-order valence-corrected chi connectivity index (χ0v) is 16.8. The summed E-state index contributed by atoms with van der Waals surface area (Å²) in [6.45, 7) is 11.1. The molecule has 0 spiro atoms. The number of rotatable bonds is 7. The van der Waals surface area contributed by atoms with Crippen LogP contribution in [-0.2, 0) is 11.8 Å². The van der Waals surface area contributed by atoms with Crippen LogP contribution in [0.1, 0.15) is 46.0 Å². The lowest BCUT2D eigenvalue weighted by molar-refractivity contribution is 0.0514. The van der Waals surface area contributed by atoms with Crippen molar-refractivity contribution in [2.75, 3.05) is 27.2 Å². The SMILES string of the molecule is C=CCN(C(=O)N(C)C)[C@@H](C)C(=O)c1c(C)c(C(=O)OCC)n(C)c1C. The van der Waals surface area contributed by atoms with Crippen molar-refractivity contribution >= 4 is 17.8 Å². The van der Waals surface area contributed by atoms with Crippen LogP contribution in [-0.4, -0.2) is 65.4 Å². The van der Waals surface area contributed by atoms with E-state index in [9.17, 15) is 14.4 Å². The molecule has 0 aromatic carbocycles. The highest BCUT2D eigenvalue weighted by Gasteiger charge is 2.32. The summed E-state index contributed by atoms with van der Waals surface area (Å²) in [5.74, 6) is -0.683. The van der Waals surface area contributed by atoms with Crippen LogP contribution in [0.2, 0.25) is 0 Å². The Balaban J connectivity index is 3.35. The van der Waals surface area contributed by atoms with E-state index in [1.807, 2.05) is 0 Å². The first-order valence-electron chi connectivity index (χ1n) is 8.56. The van der Waals surface area contributed by atoms with Gasteiger partial charge in [-0.1, -0.05) is 6.08 Å². The number of aromatic nitrogens is 1. The summed E-state index contributed by atoms with van der Waals surface area (Å²) < 4.78 is 6.76. The first-order valence-corrected chi connectivity index (χ1v) is 8.56. The van der Waals surface area contributed by atoms with Gasteiger partial charge in [-0.2, -0.15) is 0 Å². The Labute approximate surface area is 155 Å². The van der Waals surface area contributed by atoms with Gasteiger partial charge < -0.3 is 19.1 Å². The van der Waals surface area contributed by atoms with Gasteiger partial charge >= 0.3 is 12.0 Å². The lowest BCUT2D eigenvalue weighted by atomic mass is 10.00. The molecule has 1 aromatic rings. The van der Waals surface area contributed by atoms with E-state index in [0.717, 1.165) is 0 Å². The standard InChI is InChI=1S/C19H29N3O4/c1-9-11-22(19(25)20(6)7)14(5)17(23)15-12(3)16(18(24)26-10-2)21(8)13(15)4/h9,14H,1,10-11H2,2-8H3/t14-/m0/s1. The predicted molar refractivity (Wildman–Crippen MR) is 101 cm³/mol. The minimum atomic E-state index is -0.697. The molecule has 0 saturated heterocycles. The smallest absolute Gasteiger partial charge is 0.355 e. The van der Waals surface area contributed by atoms with Gasteiger partial charge in [0.2, 0.25) is 0 Å². The molecule has 144 valence electrons. The number of carbonyl (C=O) groups excluding carboxylic acids is 3. The lowest BCUT2D eigenvalue weighted by Crippen LogP contribution is -2.48. The quantitative estimate of drug-likeness (QED) is 0.424. The Morgan fingerprint density at radius 3 is 2.31 bits per heavy atom. The minimum absolute atomic E-state index is 0.219. The molecule has 1 atom stereocenters. The molecule has 0 radical (unpaired) electrons. The van der Waals surface area contributed by atoms with Crippen LogP contribution >= 0.6 is 0 Å². The topological polar surface area (TPSA) is 71.8 Å². The van der Waals surface area contributed by atoms with Crippen molar-refractivity contribution in [3.05, 3.63) is 35.2 Å². The third-order valence-electron chi connectivity index (χ3n) is 4.45. The molecule has 0 fully saturated rings. The number of amides is 2. The largest absolute Gasteiger partial charge is 0.461 e. The van der Waals surface area contributed by atoms with E-state index in [-0.39, 0.29) is 25.0 Å². The number of ketones is 1. The Morgan fingerprint density at radius 1 is 1.27 bits per heavy atom. The van der Waals surface area contributed by atoms with Crippen molar-refractivity contribution in [1.29, 1.82) is 0 Å². The van der Waals surface area contributed by atoms with Gasteiger partial charge in [-0.3, -0.25) is 4.79 Å². The van der Waals surface area contributed by atoms with Gasteiger partial charge in [0.15, 0.2) is 5.78 Å². The number of nitrogens with zero attached hydrogens (tertiary/aromatic N) is 3. The Hall–Kier alpha value is -2.57. The molecule has 0 saturated carbocycles. The van der Waals surface area contributed by atoms with E-state index >= 15 is 0 Å². The number of carbonyl (C=O) groups is 3. The summed E-state index contributed by atoms with van der Waals surface area (Å²) in [5, 5.41) is 0. The normalized spacial score (nSPS) is 11.7. The first kappa shape index (κ1) is 21.5. The van der Waals surface area contributed by atoms with Gasteiger partial charge in [0.25, 0.3) is 0 Å². The fourth-order valence-corrected chi connectivity index (χ4v) is 2.98. The Bertz CT molecular complexity index is 719. The molecule has 2 amide bonds. The summed E-state index contributed by atoms with van der Waals surface area (Å²) in [6.07, 6.45) is 1.58. The zero-order valence-electron chi connectivity index (χ0n) is 16.8. The van der Waals surface area contributed by atoms with E-state index in [4.69, 9.17) is 4.74 Å². The number of esters is 1. The van der Waals surface area contributed by atoms with E-state index in [2.05, 4.69) is 6.58 Å². The molecule has 26 heavy (non-hydrogen) atoms. The van der Waals surface area contributed by atoms with Crippen molar-refractivity contribution in [3.63, 3.8) is 0 Å². The molecular formula is C19H29N3O4. The second-order valence-electron chi connectivity index (χ2n) is 6.37. The maximum absolute atomic E-state index is 13.2. The Morgan fingerprint density at radius 2 is 1.85 bits per heavy atom.